The molecule has 0 radical (unpaired) electrons. The summed E-state index contributed by atoms with van der Waals surface area (Å²) in [6, 6.07) is 8.94. The van der Waals surface area contributed by atoms with Gasteiger partial charge in [0.2, 0.25) is 5.91 Å². The lowest BCUT2D eigenvalue weighted by Gasteiger charge is -2.37. The number of carbonyl (C=O) groups is 1. The molecule has 0 bridgehead atoms. The van der Waals surface area contributed by atoms with E-state index in [1.165, 1.54) is 30.4 Å². The molecule has 0 aromatic heterocycles. The topological polar surface area (TPSA) is 20.3 Å². The van der Waals surface area contributed by atoms with Crippen molar-refractivity contribution < 1.29 is 4.79 Å². The fourth-order valence-electron chi connectivity index (χ4n) is 3.64. The maximum absolute atomic E-state index is 12.9. The van der Waals surface area contributed by atoms with E-state index in [0.717, 1.165) is 25.8 Å². The van der Waals surface area contributed by atoms with Crippen molar-refractivity contribution in [2.75, 3.05) is 6.54 Å². The van der Waals surface area contributed by atoms with Gasteiger partial charge in [-0.2, -0.15) is 0 Å². The lowest BCUT2D eigenvalue weighted by molar-refractivity contribution is -0.136. The van der Waals surface area contributed by atoms with Crippen LogP contribution < -0.4 is 0 Å². The van der Waals surface area contributed by atoms with Gasteiger partial charge in [-0.1, -0.05) is 24.3 Å². The number of hydrogen-bond acceptors (Lipinski definition) is 1. The van der Waals surface area contributed by atoms with Crippen LogP contribution in [0.3, 0.4) is 0 Å². The number of piperidine rings is 1. The zero-order valence-electron chi connectivity index (χ0n) is 11.8. The minimum Gasteiger partial charge on any atom is -0.339 e. The molecule has 2 atom stereocenters. The standard InChI is InChI=1S/C17H23NO/c1-13-7-4-5-12-18(13)17(19)16-11-6-9-14-8-2-3-10-15(14)16/h2-3,8,10,13,16H,4-7,9,11-12H2,1H3. The average molecular weight is 257 g/mol. The van der Waals surface area contributed by atoms with E-state index in [1.807, 2.05) is 0 Å². The van der Waals surface area contributed by atoms with Crippen molar-refractivity contribution in [3.05, 3.63) is 35.4 Å². The fourth-order valence-corrected chi connectivity index (χ4v) is 3.64. The maximum atomic E-state index is 12.9. The average Bonchev–Trinajstić information content (AvgIpc) is 2.46. The molecule has 2 unspecified atom stereocenters. The summed E-state index contributed by atoms with van der Waals surface area (Å²) in [6.45, 7) is 3.16. The second kappa shape index (κ2) is 5.36. The Bertz CT molecular complexity index is 468. The third-order valence-electron chi connectivity index (χ3n) is 4.75. The Kier molecular flexibility index (Phi) is 3.58. The molecule has 1 saturated heterocycles. The van der Waals surface area contributed by atoms with E-state index in [1.54, 1.807) is 0 Å². The van der Waals surface area contributed by atoms with Crippen LogP contribution in [0, 0.1) is 0 Å². The first-order valence-corrected chi connectivity index (χ1v) is 7.65. The van der Waals surface area contributed by atoms with Gasteiger partial charge in [0.1, 0.15) is 0 Å². The van der Waals surface area contributed by atoms with Gasteiger partial charge in [-0.15, -0.1) is 0 Å². The zero-order valence-corrected chi connectivity index (χ0v) is 11.8. The van der Waals surface area contributed by atoms with E-state index in [0.29, 0.717) is 11.9 Å². The number of likely N-dealkylation sites (tertiary alicyclic amines) is 1. The molecule has 1 aliphatic heterocycles. The molecule has 0 N–H and O–H groups in total. The molecule has 2 heteroatoms. The van der Waals surface area contributed by atoms with Crippen LogP contribution in [0.15, 0.2) is 24.3 Å². The molecule has 3 rings (SSSR count). The molecule has 1 amide bonds. The lowest BCUT2D eigenvalue weighted by atomic mass is 9.81. The third kappa shape index (κ3) is 2.41. The number of benzene rings is 1. The van der Waals surface area contributed by atoms with E-state index in [4.69, 9.17) is 0 Å². The van der Waals surface area contributed by atoms with Crippen LogP contribution in [-0.2, 0) is 11.2 Å². The Hall–Kier alpha value is -1.31. The quantitative estimate of drug-likeness (QED) is 0.754. The Balaban J connectivity index is 1.84. The van der Waals surface area contributed by atoms with Crippen LogP contribution in [0.25, 0.3) is 0 Å². The predicted molar refractivity (Wildman–Crippen MR) is 77.1 cm³/mol. The highest BCUT2D eigenvalue weighted by atomic mass is 16.2. The molecule has 1 aromatic rings. The zero-order chi connectivity index (χ0) is 13.2. The van der Waals surface area contributed by atoms with Crippen molar-refractivity contribution in [2.24, 2.45) is 0 Å². The molecule has 2 aliphatic rings. The monoisotopic (exact) mass is 257 g/mol. The van der Waals surface area contributed by atoms with Crippen LogP contribution in [0.4, 0.5) is 0 Å². The summed E-state index contributed by atoms with van der Waals surface area (Å²) >= 11 is 0. The number of aryl methyl sites for hydroxylation is 1. The van der Waals surface area contributed by atoms with Crippen LogP contribution in [0.1, 0.15) is 56.1 Å². The third-order valence-corrected chi connectivity index (χ3v) is 4.75. The summed E-state index contributed by atoms with van der Waals surface area (Å²) in [5.41, 5.74) is 2.67. The highest BCUT2D eigenvalue weighted by molar-refractivity contribution is 5.84. The molecular weight excluding hydrogens is 234 g/mol. The smallest absolute Gasteiger partial charge is 0.230 e. The number of nitrogens with zero attached hydrogens (tertiary/aromatic N) is 1. The summed E-state index contributed by atoms with van der Waals surface area (Å²) in [6.07, 6.45) is 6.92. The van der Waals surface area contributed by atoms with Gasteiger partial charge >= 0.3 is 0 Å². The fraction of sp³-hybridized carbons (Fsp3) is 0.588. The second-order valence-electron chi connectivity index (χ2n) is 6.02. The first-order chi connectivity index (χ1) is 9.27. The molecule has 0 spiro atoms. The Labute approximate surface area is 115 Å². The predicted octanol–water partition coefficient (Wildman–Crippen LogP) is 3.51. The normalized spacial score (nSPS) is 26.9. The summed E-state index contributed by atoms with van der Waals surface area (Å²) in [5, 5.41) is 0. The highest BCUT2D eigenvalue weighted by Crippen LogP contribution is 2.34. The van der Waals surface area contributed by atoms with Crippen molar-refractivity contribution in [3.8, 4) is 0 Å². The number of amides is 1. The van der Waals surface area contributed by atoms with E-state index in [-0.39, 0.29) is 5.92 Å². The number of hydrogen-bond donors (Lipinski definition) is 0. The number of fused-ring (bicyclic) bond motifs is 1. The summed E-state index contributed by atoms with van der Waals surface area (Å²) in [4.78, 5) is 15.0. The van der Waals surface area contributed by atoms with Crippen molar-refractivity contribution in [2.45, 2.75) is 57.4 Å². The van der Waals surface area contributed by atoms with Crippen molar-refractivity contribution in [1.82, 2.24) is 4.90 Å². The molecule has 1 heterocycles. The van der Waals surface area contributed by atoms with E-state index in [9.17, 15) is 4.79 Å². The van der Waals surface area contributed by atoms with E-state index >= 15 is 0 Å². The van der Waals surface area contributed by atoms with Crippen molar-refractivity contribution >= 4 is 5.91 Å². The summed E-state index contributed by atoms with van der Waals surface area (Å²) < 4.78 is 0. The second-order valence-corrected chi connectivity index (χ2v) is 6.02. The van der Waals surface area contributed by atoms with Gasteiger partial charge in [-0.3, -0.25) is 4.79 Å². The van der Waals surface area contributed by atoms with Gasteiger partial charge in [0.15, 0.2) is 0 Å². The molecule has 0 saturated carbocycles. The first kappa shape index (κ1) is 12.7. The lowest BCUT2D eigenvalue weighted by Crippen LogP contribution is -2.45. The molecule has 1 fully saturated rings. The molecule has 2 nitrogen and oxygen atoms in total. The maximum Gasteiger partial charge on any atom is 0.230 e. The van der Waals surface area contributed by atoms with Gasteiger partial charge < -0.3 is 4.90 Å². The number of rotatable bonds is 1. The van der Waals surface area contributed by atoms with Crippen molar-refractivity contribution in [1.29, 1.82) is 0 Å². The van der Waals surface area contributed by atoms with Gasteiger partial charge in [0.25, 0.3) is 0 Å². The molecular formula is C17H23NO. The van der Waals surface area contributed by atoms with Gasteiger partial charge in [-0.05, 0) is 56.6 Å². The van der Waals surface area contributed by atoms with Gasteiger partial charge in [0.05, 0.1) is 5.92 Å². The molecule has 1 aromatic carbocycles. The Morgan fingerprint density at radius 2 is 2.00 bits per heavy atom. The summed E-state index contributed by atoms with van der Waals surface area (Å²) in [7, 11) is 0. The molecule has 102 valence electrons. The van der Waals surface area contributed by atoms with Crippen LogP contribution in [0.5, 0.6) is 0 Å². The van der Waals surface area contributed by atoms with Gasteiger partial charge in [-0.25, -0.2) is 0 Å². The highest BCUT2D eigenvalue weighted by Gasteiger charge is 2.32. The molecule has 19 heavy (non-hydrogen) atoms. The largest absolute Gasteiger partial charge is 0.339 e. The summed E-state index contributed by atoms with van der Waals surface area (Å²) in [5.74, 6) is 0.491. The van der Waals surface area contributed by atoms with Crippen molar-refractivity contribution in [3.63, 3.8) is 0 Å². The van der Waals surface area contributed by atoms with Crippen LogP contribution in [0.2, 0.25) is 0 Å². The first-order valence-electron chi connectivity index (χ1n) is 7.65. The Morgan fingerprint density at radius 1 is 1.16 bits per heavy atom. The Morgan fingerprint density at radius 3 is 2.84 bits per heavy atom. The van der Waals surface area contributed by atoms with Crippen LogP contribution in [-0.4, -0.2) is 23.4 Å². The van der Waals surface area contributed by atoms with E-state index in [2.05, 4.69) is 36.1 Å². The minimum absolute atomic E-state index is 0.116. The SMILES string of the molecule is CC1CCCCN1C(=O)C1CCCc2ccccc21. The van der Waals surface area contributed by atoms with Crippen LogP contribution >= 0.6 is 0 Å². The van der Waals surface area contributed by atoms with Gasteiger partial charge in [0, 0.05) is 12.6 Å². The molecule has 1 aliphatic carbocycles. The van der Waals surface area contributed by atoms with E-state index < -0.39 is 0 Å². The number of carbonyl (C=O) groups excluding carboxylic acids is 1. The minimum atomic E-state index is 0.116.